The van der Waals surface area contributed by atoms with Gasteiger partial charge in [-0.25, -0.2) is 9.97 Å². The molecule has 4 heterocycles. The Morgan fingerprint density at radius 1 is 1.16 bits per heavy atom. The Morgan fingerprint density at radius 2 is 1.92 bits per heavy atom. The summed E-state index contributed by atoms with van der Waals surface area (Å²) in [4.78, 5) is 25.7. The molecule has 2 aromatic rings. The van der Waals surface area contributed by atoms with E-state index in [0.717, 1.165) is 51.4 Å². The predicted molar refractivity (Wildman–Crippen MR) is 92.3 cm³/mol. The maximum Gasteiger partial charge on any atom is 0.259 e. The van der Waals surface area contributed by atoms with Crippen molar-refractivity contribution in [3.05, 3.63) is 36.0 Å². The van der Waals surface area contributed by atoms with Gasteiger partial charge in [-0.05, 0) is 44.1 Å². The molecule has 2 aliphatic rings. The summed E-state index contributed by atoms with van der Waals surface area (Å²) in [5, 5.41) is 3.72. The summed E-state index contributed by atoms with van der Waals surface area (Å²) < 4.78 is 5.03. The molecule has 0 bridgehead atoms. The van der Waals surface area contributed by atoms with Crippen molar-refractivity contribution >= 4 is 11.9 Å². The number of piperidine rings is 2. The van der Waals surface area contributed by atoms with E-state index in [9.17, 15) is 4.79 Å². The number of anilines is 1. The average molecular weight is 341 g/mol. The van der Waals surface area contributed by atoms with Crippen molar-refractivity contribution in [2.45, 2.75) is 32.6 Å². The van der Waals surface area contributed by atoms with Gasteiger partial charge in [0, 0.05) is 38.6 Å². The van der Waals surface area contributed by atoms with Crippen LogP contribution in [0.1, 0.15) is 41.8 Å². The molecule has 0 N–H and O–H groups in total. The predicted octanol–water partition coefficient (Wildman–Crippen LogP) is 2.30. The van der Waals surface area contributed by atoms with Crippen LogP contribution in [0.4, 0.5) is 5.95 Å². The number of hydrogen-bond donors (Lipinski definition) is 0. The Labute approximate surface area is 147 Å². The van der Waals surface area contributed by atoms with Crippen molar-refractivity contribution in [3.63, 3.8) is 0 Å². The summed E-state index contributed by atoms with van der Waals surface area (Å²) in [6.07, 6.45) is 9.52. The lowest BCUT2D eigenvalue weighted by Gasteiger charge is -2.47. The molecule has 0 saturated carbocycles. The summed E-state index contributed by atoms with van der Waals surface area (Å²) in [5.41, 5.74) is 0.844. The van der Waals surface area contributed by atoms with Crippen molar-refractivity contribution in [1.82, 2.24) is 20.0 Å². The van der Waals surface area contributed by atoms with Gasteiger partial charge in [0.25, 0.3) is 5.91 Å². The number of nitrogens with zero attached hydrogens (tertiary/aromatic N) is 5. The molecule has 2 aromatic heterocycles. The topological polar surface area (TPSA) is 75.4 Å². The highest BCUT2D eigenvalue weighted by molar-refractivity contribution is 5.94. The number of carbonyl (C=O) groups is 1. The number of rotatable bonds is 2. The minimum absolute atomic E-state index is 0.0349. The summed E-state index contributed by atoms with van der Waals surface area (Å²) >= 11 is 0. The van der Waals surface area contributed by atoms with Crippen molar-refractivity contribution in [2.75, 3.05) is 31.1 Å². The summed E-state index contributed by atoms with van der Waals surface area (Å²) in [5.74, 6) is 1.45. The van der Waals surface area contributed by atoms with E-state index < -0.39 is 0 Å². The quantitative estimate of drug-likeness (QED) is 0.834. The van der Waals surface area contributed by atoms with Crippen LogP contribution in [0.25, 0.3) is 0 Å². The molecule has 25 heavy (non-hydrogen) atoms. The lowest BCUT2D eigenvalue weighted by atomic mass is 9.72. The molecule has 4 rings (SSSR count). The fraction of sp³-hybridized carbons (Fsp3) is 0.556. The first-order valence-electron chi connectivity index (χ1n) is 8.89. The molecular formula is C18H23N5O2. The first-order valence-corrected chi connectivity index (χ1v) is 8.89. The van der Waals surface area contributed by atoms with Gasteiger partial charge < -0.3 is 14.3 Å². The van der Waals surface area contributed by atoms with Gasteiger partial charge in [0.15, 0.2) is 0 Å². The lowest BCUT2D eigenvalue weighted by Crippen LogP contribution is -2.51. The van der Waals surface area contributed by atoms with Gasteiger partial charge in [0.1, 0.15) is 11.3 Å². The molecule has 7 nitrogen and oxygen atoms in total. The maximum absolute atomic E-state index is 12.6. The highest BCUT2D eigenvalue weighted by Gasteiger charge is 2.40. The minimum atomic E-state index is 0.0349. The third kappa shape index (κ3) is 3.10. The van der Waals surface area contributed by atoms with Crippen LogP contribution in [0.15, 0.2) is 29.2 Å². The van der Waals surface area contributed by atoms with E-state index in [2.05, 4.69) is 20.0 Å². The van der Waals surface area contributed by atoms with Crippen LogP contribution in [0.2, 0.25) is 0 Å². The van der Waals surface area contributed by atoms with E-state index in [1.807, 2.05) is 11.0 Å². The van der Waals surface area contributed by atoms with Crippen LogP contribution in [0.3, 0.4) is 0 Å². The van der Waals surface area contributed by atoms with E-state index in [0.29, 0.717) is 11.3 Å². The second kappa shape index (κ2) is 6.46. The normalized spacial score (nSPS) is 20.0. The zero-order chi connectivity index (χ0) is 17.3. The van der Waals surface area contributed by atoms with E-state index in [-0.39, 0.29) is 11.3 Å². The Bertz CT molecular complexity index is 737. The standard InChI is InChI=1S/C18H23N5O2/c1-14-15(12-21-25-14)16(24)22-10-5-18(6-11-22)4-2-9-23(13-18)17-19-7-3-8-20-17/h3,7-8,12H,2,4-6,9-11,13H2,1H3. The maximum atomic E-state index is 12.6. The number of carbonyl (C=O) groups excluding carboxylic acids is 1. The summed E-state index contributed by atoms with van der Waals surface area (Å²) in [6.45, 7) is 5.34. The SMILES string of the molecule is Cc1oncc1C(=O)N1CCC2(CCCN(c3ncccn3)C2)CC1. The van der Waals surface area contributed by atoms with Crippen LogP contribution in [0, 0.1) is 12.3 Å². The average Bonchev–Trinajstić information content (AvgIpc) is 3.09. The van der Waals surface area contributed by atoms with Gasteiger partial charge >= 0.3 is 0 Å². The lowest BCUT2D eigenvalue weighted by molar-refractivity contribution is 0.0538. The van der Waals surface area contributed by atoms with Gasteiger partial charge in [-0.2, -0.15) is 0 Å². The zero-order valence-corrected chi connectivity index (χ0v) is 14.5. The fourth-order valence-corrected chi connectivity index (χ4v) is 4.10. The minimum Gasteiger partial charge on any atom is -0.361 e. The van der Waals surface area contributed by atoms with Crippen molar-refractivity contribution in [1.29, 1.82) is 0 Å². The third-order valence-electron chi connectivity index (χ3n) is 5.59. The van der Waals surface area contributed by atoms with E-state index in [4.69, 9.17) is 4.52 Å². The van der Waals surface area contributed by atoms with Crippen LogP contribution >= 0.6 is 0 Å². The van der Waals surface area contributed by atoms with Gasteiger partial charge in [0.2, 0.25) is 5.95 Å². The molecule has 2 saturated heterocycles. The van der Waals surface area contributed by atoms with E-state index >= 15 is 0 Å². The van der Waals surface area contributed by atoms with Gasteiger partial charge in [0.05, 0.1) is 6.20 Å². The van der Waals surface area contributed by atoms with E-state index in [1.54, 1.807) is 19.3 Å². The van der Waals surface area contributed by atoms with Crippen molar-refractivity contribution in [3.8, 4) is 0 Å². The van der Waals surface area contributed by atoms with Gasteiger partial charge in [-0.1, -0.05) is 5.16 Å². The van der Waals surface area contributed by atoms with Crippen molar-refractivity contribution in [2.24, 2.45) is 5.41 Å². The Morgan fingerprint density at radius 3 is 2.60 bits per heavy atom. The molecule has 0 aromatic carbocycles. The Kier molecular flexibility index (Phi) is 4.15. The molecule has 132 valence electrons. The molecule has 0 unspecified atom stereocenters. The molecule has 2 fully saturated rings. The molecular weight excluding hydrogens is 318 g/mol. The Hall–Kier alpha value is -2.44. The smallest absolute Gasteiger partial charge is 0.259 e. The highest BCUT2D eigenvalue weighted by atomic mass is 16.5. The third-order valence-corrected chi connectivity index (χ3v) is 5.59. The molecule has 1 amide bonds. The van der Waals surface area contributed by atoms with Crippen LogP contribution < -0.4 is 4.90 Å². The number of hydrogen-bond acceptors (Lipinski definition) is 6. The number of aromatic nitrogens is 3. The first-order chi connectivity index (χ1) is 12.2. The van der Waals surface area contributed by atoms with E-state index in [1.165, 1.54) is 12.6 Å². The highest BCUT2D eigenvalue weighted by Crippen LogP contribution is 2.40. The number of likely N-dealkylation sites (tertiary alicyclic amines) is 1. The largest absolute Gasteiger partial charge is 0.361 e. The summed E-state index contributed by atoms with van der Waals surface area (Å²) in [6, 6.07) is 1.85. The molecule has 0 aliphatic carbocycles. The zero-order valence-electron chi connectivity index (χ0n) is 14.5. The molecule has 1 spiro atoms. The molecule has 0 atom stereocenters. The van der Waals surface area contributed by atoms with Gasteiger partial charge in [-0.3, -0.25) is 4.79 Å². The Balaban J connectivity index is 1.42. The van der Waals surface area contributed by atoms with Crippen LogP contribution in [-0.4, -0.2) is 52.1 Å². The fourth-order valence-electron chi connectivity index (χ4n) is 4.10. The second-order valence-corrected chi connectivity index (χ2v) is 7.16. The molecule has 7 heteroatoms. The monoisotopic (exact) mass is 341 g/mol. The summed E-state index contributed by atoms with van der Waals surface area (Å²) in [7, 11) is 0. The van der Waals surface area contributed by atoms with Crippen LogP contribution in [0.5, 0.6) is 0 Å². The van der Waals surface area contributed by atoms with Crippen LogP contribution in [-0.2, 0) is 0 Å². The first kappa shape index (κ1) is 16.1. The van der Waals surface area contributed by atoms with Crippen molar-refractivity contribution < 1.29 is 9.32 Å². The van der Waals surface area contributed by atoms with Gasteiger partial charge in [-0.15, -0.1) is 0 Å². The molecule has 2 aliphatic heterocycles. The second-order valence-electron chi connectivity index (χ2n) is 7.16. The number of amides is 1. The molecule has 0 radical (unpaired) electrons. The number of aryl methyl sites for hydroxylation is 1.